The number of carbonyl (C=O) groups excluding carboxylic acids is 3. The van der Waals surface area contributed by atoms with Crippen molar-refractivity contribution in [2.24, 2.45) is 0 Å². The van der Waals surface area contributed by atoms with Crippen molar-refractivity contribution in [2.45, 2.75) is 86.4 Å². The van der Waals surface area contributed by atoms with Gasteiger partial charge in [-0.25, -0.2) is 25.3 Å². The van der Waals surface area contributed by atoms with Crippen LogP contribution >= 0.6 is 0 Å². The van der Waals surface area contributed by atoms with Gasteiger partial charge in [0.1, 0.15) is 17.2 Å². The normalized spacial score (nSPS) is 19.6. The molecule has 0 radical (unpaired) electrons. The predicted octanol–water partition coefficient (Wildman–Crippen LogP) is 11.1. The number of epoxide rings is 1. The van der Waals surface area contributed by atoms with Gasteiger partial charge >= 0.3 is 18.5 Å². The number of aliphatic hydroxyl groups excluding tert-OH is 1. The Morgan fingerprint density at radius 2 is 0.750 bits per heavy atom. The number of rotatable bonds is 26. The monoisotopic (exact) mass is 1750 g/mol. The molecule has 1 unspecified atom stereocenters. The highest BCUT2D eigenvalue weighted by molar-refractivity contribution is 7.93. The summed E-state index contributed by atoms with van der Waals surface area (Å²) < 4.78 is 261. The van der Waals surface area contributed by atoms with Crippen LogP contribution in [-0.4, -0.2) is 217 Å². The number of anilines is 6. The SMILES string of the molecule is COCC1(COC)C/C(=C\C(=O)Nc2cccc3c2CCS(=O)(=O)N3CC2CO2)c2ccc(C(F)(F)F)cc2O1.COCC1(COC)C/C(=C\C(=O)Nc2cccc3c2CCS(=O)(=O)N3CCCO)c2ccc(C(F)(F)F)cc2O1.COCCN1c2cccc(NC(=O)/C=C3\CC(COC)(COC)Oc4cc(C(F)(F)F)ccc43)c2CCS1(=O)=O. The highest BCUT2D eigenvalue weighted by Gasteiger charge is 2.46. The predicted molar refractivity (Wildman–Crippen MR) is 426 cm³/mol. The third kappa shape index (κ3) is 21.4. The molecule has 13 rings (SSSR count). The first-order valence-electron chi connectivity index (χ1n) is 37.6. The van der Waals surface area contributed by atoms with Crippen LogP contribution in [-0.2, 0) is 120 Å². The lowest BCUT2D eigenvalue weighted by Crippen LogP contribution is -2.47. The standard InChI is InChI=1S/C27H29F3N2O7S.2C27H31F3N2O7S/c1-36-15-26(16-37-2)12-17(20-7-6-18(27(28,29)30)11-24(20)39-26)10-25(33)31-22-4-3-5-23-21(22)8-9-40(34,35)32(23)13-19-14-38-19;1-36-11-10-32-23-6-4-5-22(21(23)9-12-40(32,34)35)31-25(33)13-18-15-26(16-37-2,17-38-3)39-24-14-19(27(28,29)30)7-8-20(18)24;1-37-16-26(17-38-2)15-18(20-8-7-19(27(28,29)30)14-24(20)39-26)13-25(34)31-22-5-3-6-23-21(22)9-12-40(35,36)32(23)10-4-11-33/h3-7,10-11,19H,8-9,12-16H2,1-2H3,(H,31,33);4-8,13-14H,9-12,15-17H2,1-3H3,(H,31,33);3,5-8,13-14,33H,4,9-12,15-17H2,1-2H3,(H,31,34)/b17-10+;2*18-13+. The van der Waals surface area contributed by atoms with Crippen LogP contribution in [0.15, 0.2) is 127 Å². The molecule has 0 spiro atoms. The van der Waals surface area contributed by atoms with Gasteiger partial charge in [-0.3, -0.25) is 27.3 Å². The molecule has 0 aliphatic carbocycles. The molecule has 120 heavy (non-hydrogen) atoms. The minimum atomic E-state index is -4.59. The van der Waals surface area contributed by atoms with Crippen molar-refractivity contribution in [1.29, 1.82) is 0 Å². The van der Waals surface area contributed by atoms with E-state index in [1.54, 1.807) is 54.6 Å². The molecular weight excluding hydrogens is 1660 g/mol. The van der Waals surface area contributed by atoms with Crippen molar-refractivity contribution in [1.82, 2.24) is 0 Å². The zero-order valence-electron chi connectivity index (χ0n) is 66.3. The molecule has 1 saturated heterocycles. The molecule has 1 atom stereocenters. The molecule has 7 aliphatic rings. The maximum absolute atomic E-state index is 13.5. The van der Waals surface area contributed by atoms with Crippen molar-refractivity contribution >= 4 is 98.6 Å². The van der Waals surface area contributed by atoms with E-state index in [1.807, 2.05) is 0 Å². The molecule has 6 aromatic carbocycles. The third-order valence-electron chi connectivity index (χ3n) is 20.5. The lowest BCUT2D eigenvalue weighted by molar-refractivity contribution is -0.138. The number of methoxy groups -OCH3 is 7. The molecule has 27 nitrogen and oxygen atoms in total. The number of hydrogen-bond acceptors (Lipinski definition) is 21. The number of carbonyl (C=O) groups is 3. The number of amides is 3. The van der Waals surface area contributed by atoms with E-state index >= 15 is 0 Å². The van der Waals surface area contributed by atoms with Gasteiger partial charge in [0, 0.05) is 151 Å². The summed E-state index contributed by atoms with van der Waals surface area (Å²) in [6.07, 6.45) is -8.71. The molecule has 0 saturated carbocycles. The number of nitrogens with one attached hydrogen (secondary N) is 3. The number of alkyl halides is 9. The first-order valence-corrected chi connectivity index (χ1v) is 42.4. The van der Waals surface area contributed by atoms with Gasteiger partial charge in [-0.15, -0.1) is 0 Å². The molecule has 4 N–H and O–H groups in total. The van der Waals surface area contributed by atoms with Crippen LogP contribution < -0.4 is 43.1 Å². The Kier molecular flexibility index (Phi) is 28.6. The van der Waals surface area contributed by atoms with Gasteiger partial charge in [-0.2, -0.15) is 39.5 Å². The molecule has 0 bridgehead atoms. The van der Waals surface area contributed by atoms with Crippen LogP contribution in [0.5, 0.6) is 17.2 Å². The molecule has 39 heteroatoms. The lowest BCUT2D eigenvalue weighted by Gasteiger charge is -2.39. The van der Waals surface area contributed by atoms with E-state index in [-0.39, 0.29) is 158 Å². The summed E-state index contributed by atoms with van der Waals surface area (Å²) in [5.41, 5.74) is 0.886. The van der Waals surface area contributed by atoms with E-state index in [4.69, 9.17) is 52.1 Å². The van der Waals surface area contributed by atoms with E-state index in [2.05, 4.69) is 16.0 Å². The first kappa shape index (κ1) is 91.4. The average molecular weight is 1750 g/mol. The summed E-state index contributed by atoms with van der Waals surface area (Å²) in [5, 5.41) is 17.7. The smallest absolute Gasteiger partial charge is 0.416 e. The highest BCUT2D eigenvalue weighted by Crippen LogP contribution is 2.49. The molecular formula is C81H91F9N6O21S3. The second-order valence-electron chi connectivity index (χ2n) is 29.4. The molecule has 652 valence electrons. The fraction of sp³-hybridized carbons (Fsp3) is 0.444. The largest absolute Gasteiger partial charge is 0.481 e. The maximum Gasteiger partial charge on any atom is 0.416 e. The Balaban J connectivity index is 0.000000176. The van der Waals surface area contributed by atoms with E-state index in [9.17, 15) is 84.3 Å². The number of aliphatic hydroxyl groups is 1. The molecule has 3 amide bonds. The fourth-order valence-electron chi connectivity index (χ4n) is 15.3. The van der Waals surface area contributed by atoms with E-state index in [0.29, 0.717) is 90.8 Å². The summed E-state index contributed by atoms with van der Waals surface area (Å²) in [6.45, 7) is 0.992. The van der Waals surface area contributed by atoms with Crippen LogP contribution in [0.2, 0.25) is 0 Å². The van der Waals surface area contributed by atoms with Crippen molar-refractivity contribution in [3.8, 4) is 17.2 Å². The van der Waals surface area contributed by atoms with Gasteiger partial charge in [-0.05, 0) is 115 Å². The molecule has 7 aliphatic heterocycles. The number of sulfonamides is 3. The summed E-state index contributed by atoms with van der Waals surface area (Å²) >= 11 is 0. The Morgan fingerprint density at radius 1 is 0.450 bits per heavy atom. The first-order chi connectivity index (χ1) is 56.8. The van der Waals surface area contributed by atoms with E-state index < -0.39 is 99.8 Å². The summed E-state index contributed by atoms with van der Waals surface area (Å²) in [4.78, 5) is 39.9. The summed E-state index contributed by atoms with van der Waals surface area (Å²) in [7, 11) is -0.527. The number of fused-ring (bicyclic) bond motifs is 6. The van der Waals surface area contributed by atoms with Gasteiger partial charge in [0.15, 0.2) is 16.8 Å². The third-order valence-corrected chi connectivity index (χ3v) is 25.8. The lowest BCUT2D eigenvalue weighted by atomic mass is 9.86. The van der Waals surface area contributed by atoms with Gasteiger partial charge in [0.25, 0.3) is 0 Å². The van der Waals surface area contributed by atoms with Crippen LogP contribution in [0.25, 0.3) is 16.7 Å². The molecule has 0 aromatic heterocycles. The summed E-state index contributed by atoms with van der Waals surface area (Å²) in [5.74, 6) is -2.10. The van der Waals surface area contributed by atoms with Gasteiger partial charge in [0.05, 0.1) is 123 Å². The Bertz CT molecular complexity index is 5010. The second-order valence-corrected chi connectivity index (χ2v) is 35.4. The van der Waals surface area contributed by atoms with Crippen LogP contribution in [0.4, 0.5) is 73.6 Å². The van der Waals surface area contributed by atoms with Crippen molar-refractivity contribution in [3.63, 3.8) is 0 Å². The quantitative estimate of drug-likeness (QED) is 0.0223. The number of benzene rings is 6. The Labute approximate surface area is 687 Å². The second kappa shape index (κ2) is 37.5. The minimum Gasteiger partial charge on any atom is -0.481 e. The molecule has 6 aromatic rings. The number of nitrogens with zero attached hydrogens (tertiary/aromatic N) is 3. The molecule has 1 fully saturated rings. The average Bonchev–Trinajstić information content (AvgIpc) is 1.11. The fourth-order valence-corrected chi connectivity index (χ4v) is 20.0. The van der Waals surface area contributed by atoms with E-state index in [1.165, 1.54) is 99.1 Å². The van der Waals surface area contributed by atoms with Crippen molar-refractivity contribution in [2.75, 3.05) is 175 Å². The van der Waals surface area contributed by atoms with Gasteiger partial charge in [0.2, 0.25) is 47.8 Å². The summed E-state index contributed by atoms with van der Waals surface area (Å²) in [6, 6.07) is 24.3. The van der Waals surface area contributed by atoms with Crippen LogP contribution in [0.1, 0.15) is 75.8 Å². The van der Waals surface area contributed by atoms with Gasteiger partial charge in [-0.1, -0.05) is 36.4 Å². The zero-order chi connectivity index (χ0) is 87.0. The maximum atomic E-state index is 13.5. The van der Waals surface area contributed by atoms with Gasteiger partial charge < -0.3 is 73.2 Å². The Morgan fingerprint density at radius 3 is 1.03 bits per heavy atom. The van der Waals surface area contributed by atoms with Crippen LogP contribution in [0.3, 0.4) is 0 Å². The minimum absolute atomic E-state index is 0.000172. The highest BCUT2D eigenvalue weighted by atomic mass is 32.2. The number of hydrogen-bond donors (Lipinski definition) is 4. The zero-order valence-corrected chi connectivity index (χ0v) is 68.8. The number of ether oxygens (including phenoxy) is 11. The Hall–Kier alpha value is -9.39. The van der Waals surface area contributed by atoms with Crippen LogP contribution in [0, 0.1) is 0 Å². The van der Waals surface area contributed by atoms with Crippen molar-refractivity contribution < 1.29 is 136 Å². The van der Waals surface area contributed by atoms with Crippen molar-refractivity contribution in [3.05, 3.63) is 177 Å². The molecule has 7 heterocycles. The van der Waals surface area contributed by atoms with E-state index in [0.717, 1.165) is 36.4 Å². The number of halogens is 9. The topological polar surface area (TPSA) is 324 Å².